The fourth-order valence-electron chi connectivity index (χ4n) is 3.69. The van der Waals surface area contributed by atoms with Gasteiger partial charge in [0.1, 0.15) is 5.75 Å². The van der Waals surface area contributed by atoms with Gasteiger partial charge >= 0.3 is 5.69 Å². The number of nitrogens with one attached hydrogen (secondary N) is 1. The van der Waals surface area contributed by atoms with Crippen LogP contribution in [-0.2, 0) is 6.54 Å². The van der Waals surface area contributed by atoms with Gasteiger partial charge in [-0.05, 0) is 17.7 Å². The van der Waals surface area contributed by atoms with Crippen molar-refractivity contribution in [2.45, 2.75) is 6.54 Å². The molecule has 1 fully saturated rings. The summed E-state index contributed by atoms with van der Waals surface area (Å²) in [6.45, 7) is 3.91. The van der Waals surface area contributed by atoms with E-state index in [9.17, 15) is 10.1 Å². The molecule has 0 radical (unpaired) electrons. The molecule has 3 N–H and O–H groups in total. The SMILES string of the molecule is COc1ccccc1Nc1nc(N2CCN(Cc3ccccc3)CC2)nc(N)c1[N+](=O)[O-]. The number of anilines is 4. The van der Waals surface area contributed by atoms with Crippen molar-refractivity contribution in [3.8, 4) is 5.75 Å². The fourth-order valence-corrected chi connectivity index (χ4v) is 3.69. The lowest BCUT2D eigenvalue weighted by atomic mass is 10.2. The number of hydrogen-bond acceptors (Lipinski definition) is 9. The predicted molar refractivity (Wildman–Crippen MR) is 123 cm³/mol. The van der Waals surface area contributed by atoms with Crippen LogP contribution in [-0.4, -0.2) is 53.1 Å². The van der Waals surface area contributed by atoms with Gasteiger partial charge in [-0.1, -0.05) is 42.5 Å². The van der Waals surface area contributed by atoms with Crippen LogP contribution < -0.4 is 20.7 Å². The zero-order valence-electron chi connectivity index (χ0n) is 17.8. The first kappa shape index (κ1) is 21.3. The van der Waals surface area contributed by atoms with Gasteiger partial charge in [0, 0.05) is 32.7 Å². The highest BCUT2D eigenvalue weighted by atomic mass is 16.6. The molecule has 3 aromatic rings. The number of rotatable bonds is 7. The molecule has 1 aromatic heterocycles. The lowest BCUT2D eigenvalue weighted by Crippen LogP contribution is -2.46. The van der Waals surface area contributed by atoms with Crippen LogP contribution in [0.25, 0.3) is 0 Å². The van der Waals surface area contributed by atoms with Crippen molar-refractivity contribution in [3.05, 3.63) is 70.3 Å². The molecule has 1 saturated heterocycles. The lowest BCUT2D eigenvalue weighted by molar-refractivity contribution is -0.383. The molecule has 0 amide bonds. The van der Waals surface area contributed by atoms with Gasteiger partial charge in [-0.2, -0.15) is 9.97 Å². The van der Waals surface area contributed by atoms with Crippen molar-refractivity contribution >= 4 is 29.0 Å². The molecule has 0 saturated carbocycles. The number of nitro groups is 1. The minimum absolute atomic E-state index is 0.0358. The molecule has 0 unspecified atom stereocenters. The molecule has 2 heterocycles. The van der Waals surface area contributed by atoms with Crippen molar-refractivity contribution in [1.29, 1.82) is 0 Å². The second-order valence-corrected chi connectivity index (χ2v) is 7.44. The lowest BCUT2D eigenvalue weighted by Gasteiger charge is -2.34. The maximum absolute atomic E-state index is 11.6. The summed E-state index contributed by atoms with van der Waals surface area (Å²) < 4.78 is 5.33. The quantitative estimate of drug-likeness (QED) is 0.426. The average molecular weight is 435 g/mol. The van der Waals surface area contributed by atoms with E-state index in [4.69, 9.17) is 10.5 Å². The molecular formula is C22H25N7O3. The van der Waals surface area contributed by atoms with Crippen LogP contribution in [0.5, 0.6) is 5.75 Å². The molecule has 4 rings (SSSR count). The number of benzene rings is 2. The number of nitrogens with two attached hydrogens (primary N) is 1. The highest BCUT2D eigenvalue weighted by Gasteiger charge is 2.27. The van der Waals surface area contributed by atoms with Crippen molar-refractivity contribution in [2.75, 3.05) is 49.2 Å². The van der Waals surface area contributed by atoms with Crippen LogP contribution in [0, 0.1) is 10.1 Å². The number of nitrogens with zero attached hydrogens (tertiary/aromatic N) is 5. The maximum atomic E-state index is 11.6. The highest BCUT2D eigenvalue weighted by Crippen LogP contribution is 2.35. The van der Waals surface area contributed by atoms with E-state index < -0.39 is 4.92 Å². The van der Waals surface area contributed by atoms with E-state index in [1.54, 1.807) is 18.2 Å². The van der Waals surface area contributed by atoms with Crippen molar-refractivity contribution in [1.82, 2.24) is 14.9 Å². The van der Waals surface area contributed by atoms with Gasteiger partial charge in [-0.3, -0.25) is 15.0 Å². The van der Waals surface area contributed by atoms with E-state index in [2.05, 4.69) is 32.3 Å². The van der Waals surface area contributed by atoms with E-state index in [0.717, 1.165) is 19.6 Å². The van der Waals surface area contributed by atoms with Crippen molar-refractivity contribution < 1.29 is 9.66 Å². The average Bonchev–Trinajstić information content (AvgIpc) is 2.80. The van der Waals surface area contributed by atoms with Gasteiger partial charge in [0.15, 0.2) is 0 Å². The molecule has 1 aliphatic rings. The van der Waals surface area contributed by atoms with E-state index in [1.807, 2.05) is 29.2 Å². The van der Waals surface area contributed by atoms with Crippen LogP contribution >= 0.6 is 0 Å². The monoisotopic (exact) mass is 435 g/mol. The van der Waals surface area contributed by atoms with Crippen LogP contribution in [0.2, 0.25) is 0 Å². The number of piperazine rings is 1. The summed E-state index contributed by atoms with van der Waals surface area (Å²) in [6.07, 6.45) is 0. The largest absolute Gasteiger partial charge is 0.495 e. The van der Waals surface area contributed by atoms with Crippen LogP contribution in [0.1, 0.15) is 5.56 Å². The molecule has 32 heavy (non-hydrogen) atoms. The summed E-state index contributed by atoms with van der Waals surface area (Å²) >= 11 is 0. The molecule has 10 nitrogen and oxygen atoms in total. The molecular weight excluding hydrogens is 410 g/mol. The zero-order chi connectivity index (χ0) is 22.5. The summed E-state index contributed by atoms with van der Waals surface area (Å²) in [5, 5.41) is 14.6. The molecule has 0 spiro atoms. The standard InChI is InChI=1S/C22H25N7O3/c1-32-18-10-6-5-9-17(18)24-21-19(29(30)31)20(23)25-22(26-21)28-13-11-27(12-14-28)15-16-7-3-2-4-8-16/h2-10H,11-15H2,1H3,(H3,23,24,25,26). The highest BCUT2D eigenvalue weighted by molar-refractivity contribution is 5.76. The van der Waals surface area contributed by atoms with E-state index in [-0.39, 0.29) is 17.3 Å². The first-order chi connectivity index (χ1) is 15.5. The normalized spacial score (nSPS) is 14.2. The first-order valence-electron chi connectivity index (χ1n) is 10.3. The number of aromatic nitrogens is 2. The third-order valence-corrected chi connectivity index (χ3v) is 5.35. The predicted octanol–water partition coefficient (Wildman–Crippen LogP) is 3.04. The van der Waals surface area contributed by atoms with Crippen LogP contribution in [0.15, 0.2) is 54.6 Å². The van der Waals surface area contributed by atoms with Gasteiger partial charge in [0.2, 0.25) is 17.6 Å². The Morgan fingerprint density at radius 2 is 1.75 bits per heavy atom. The Hall–Kier alpha value is -3.92. The first-order valence-corrected chi connectivity index (χ1v) is 10.3. The second-order valence-electron chi connectivity index (χ2n) is 7.44. The minimum Gasteiger partial charge on any atom is -0.495 e. The summed E-state index contributed by atoms with van der Waals surface area (Å²) in [6, 6.07) is 17.4. The van der Waals surface area contributed by atoms with Crippen molar-refractivity contribution in [3.63, 3.8) is 0 Å². The van der Waals surface area contributed by atoms with E-state index in [1.165, 1.54) is 12.7 Å². The Kier molecular flexibility index (Phi) is 6.31. The van der Waals surface area contributed by atoms with Crippen molar-refractivity contribution in [2.24, 2.45) is 0 Å². The number of nitrogen functional groups attached to an aromatic ring is 1. The number of methoxy groups -OCH3 is 1. The molecule has 166 valence electrons. The van der Waals surface area contributed by atoms with E-state index >= 15 is 0 Å². The summed E-state index contributed by atoms with van der Waals surface area (Å²) in [4.78, 5) is 24.1. The third kappa shape index (κ3) is 4.70. The minimum atomic E-state index is -0.575. The van der Waals surface area contributed by atoms with Gasteiger partial charge in [0.05, 0.1) is 17.7 Å². The Bertz CT molecular complexity index is 1090. The van der Waals surface area contributed by atoms with Crippen LogP contribution in [0.3, 0.4) is 0 Å². The van der Waals surface area contributed by atoms with Gasteiger partial charge in [-0.25, -0.2) is 0 Å². The zero-order valence-corrected chi connectivity index (χ0v) is 17.8. The topological polar surface area (TPSA) is 123 Å². The third-order valence-electron chi connectivity index (χ3n) is 5.35. The molecule has 2 aromatic carbocycles. The molecule has 10 heteroatoms. The molecule has 0 aliphatic carbocycles. The number of para-hydroxylation sites is 2. The summed E-state index contributed by atoms with van der Waals surface area (Å²) in [7, 11) is 1.53. The molecule has 0 atom stereocenters. The Balaban J connectivity index is 1.54. The van der Waals surface area contributed by atoms with Gasteiger partial charge < -0.3 is 20.7 Å². The smallest absolute Gasteiger partial charge is 0.353 e. The fraction of sp³-hybridized carbons (Fsp3) is 0.273. The Morgan fingerprint density at radius 1 is 1.06 bits per heavy atom. The molecule has 1 aliphatic heterocycles. The maximum Gasteiger partial charge on any atom is 0.353 e. The second kappa shape index (κ2) is 9.48. The Morgan fingerprint density at radius 3 is 2.44 bits per heavy atom. The van der Waals surface area contributed by atoms with E-state index in [0.29, 0.717) is 30.5 Å². The van der Waals surface area contributed by atoms with Gasteiger partial charge in [0.25, 0.3) is 0 Å². The Labute approximate surface area is 185 Å². The number of ether oxygens (including phenoxy) is 1. The summed E-state index contributed by atoms with van der Waals surface area (Å²) in [5.41, 5.74) is 7.44. The van der Waals surface area contributed by atoms with Gasteiger partial charge in [-0.15, -0.1) is 0 Å². The summed E-state index contributed by atoms with van der Waals surface area (Å²) in [5.74, 6) is 0.762. The van der Waals surface area contributed by atoms with Crippen LogP contribution in [0.4, 0.5) is 29.0 Å². The number of hydrogen-bond donors (Lipinski definition) is 2. The molecule has 0 bridgehead atoms.